The molecular weight excluding hydrogens is 308 g/mol. The SMILES string of the molecule is COc1ccccc1COC(=O)c1ccc(N2CCNC2=O)cc1. The third-order valence-electron chi connectivity index (χ3n) is 3.82. The third kappa shape index (κ3) is 3.32. The molecule has 2 aromatic carbocycles. The molecule has 0 bridgehead atoms. The van der Waals surface area contributed by atoms with Gasteiger partial charge in [-0.1, -0.05) is 18.2 Å². The number of urea groups is 1. The Morgan fingerprint density at radius 3 is 2.58 bits per heavy atom. The minimum Gasteiger partial charge on any atom is -0.496 e. The molecule has 0 radical (unpaired) electrons. The topological polar surface area (TPSA) is 67.9 Å². The maximum Gasteiger partial charge on any atom is 0.338 e. The summed E-state index contributed by atoms with van der Waals surface area (Å²) >= 11 is 0. The molecule has 1 aliphatic rings. The standard InChI is InChI=1S/C18H18N2O4/c1-23-16-5-3-2-4-14(16)12-24-17(21)13-6-8-15(9-7-13)20-11-10-19-18(20)22/h2-9H,10-12H2,1H3,(H,19,22). The molecule has 1 saturated heterocycles. The van der Waals surface area contributed by atoms with Crippen molar-refractivity contribution in [2.45, 2.75) is 6.61 Å². The Balaban J connectivity index is 1.64. The first-order valence-electron chi connectivity index (χ1n) is 7.63. The lowest BCUT2D eigenvalue weighted by molar-refractivity contribution is 0.0470. The van der Waals surface area contributed by atoms with E-state index in [2.05, 4.69) is 5.32 Å². The number of ether oxygens (including phenoxy) is 2. The number of amides is 2. The zero-order valence-electron chi connectivity index (χ0n) is 13.3. The Labute approximate surface area is 140 Å². The number of nitrogens with one attached hydrogen (secondary N) is 1. The summed E-state index contributed by atoms with van der Waals surface area (Å²) in [4.78, 5) is 25.4. The Bertz CT molecular complexity index is 743. The van der Waals surface area contributed by atoms with Crippen LogP contribution in [-0.4, -0.2) is 32.2 Å². The number of benzene rings is 2. The molecule has 3 rings (SSSR count). The number of hydrogen-bond acceptors (Lipinski definition) is 4. The molecule has 1 aliphatic heterocycles. The molecule has 0 aliphatic carbocycles. The molecule has 2 aromatic rings. The van der Waals surface area contributed by atoms with Gasteiger partial charge in [0.05, 0.1) is 12.7 Å². The van der Waals surface area contributed by atoms with E-state index in [1.807, 2.05) is 24.3 Å². The van der Waals surface area contributed by atoms with Crippen LogP contribution in [0, 0.1) is 0 Å². The van der Waals surface area contributed by atoms with Crippen LogP contribution >= 0.6 is 0 Å². The van der Waals surface area contributed by atoms with Gasteiger partial charge in [0.15, 0.2) is 0 Å². The lowest BCUT2D eigenvalue weighted by Crippen LogP contribution is -2.27. The second kappa shape index (κ2) is 7.04. The first kappa shape index (κ1) is 15.9. The summed E-state index contributed by atoms with van der Waals surface area (Å²) in [6, 6.07) is 14.1. The molecule has 0 saturated carbocycles. The molecule has 1 N–H and O–H groups in total. The molecule has 1 fully saturated rings. The molecule has 2 amide bonds. The van der Waals surface area contributed by atoms with Gasteiger partial charge in [0.1, 0.15) is 12.4 Å². The monoisotopic (exact) mass is 326 g/mol. The van der Waals surface area contributed by atoms with Crippen molar-refractivity contribution in [2.75, 3.05) is 25.1 Å². The number of hydrogen-bond donors (Lipinski definition) is 1. The average Bonchev–Trinajstić information content (AvgIpc) is 3.06. The van der Waals surface area contributed by atoms with Gasteiger partial charge in [0.25, 0.3) is 0 Å². The van der Waals surface area contributed by atoms with E-state index >= 15 is 0 Å². The van der Waals surface area contributed by atoms with Crippen molar-refractivity contribution < 1.29 is 19.1 Å². The van der Waals surface area contributed by atoms with Gasteiger partial charge in [-0.25, -0.2) is 9.59 Å². The smallest absolute Gasteiger partial charge is 0.338 e. The van der Waals surface area contributed by atoms with Crippen molar-refractivity contribution in [1.82, 2.24) is 5.32 Å². The molecular formula is C18H18N2O4. The van der Waals surface area contributed by atoms with Crippen molar-refractivity contribution in [3.63, 3.8) is 0 Å². The van der Waals surface area contributed by atoms with E-state index in [4.69, 9.17) is 9.47 Å². The second-order valence-electron chi connectivity index (χ2n) is 5.32. The fraction of sp³-hybridized carbons (Fsp3) is 0.222. The number of esters is 1. The Hall–Kier alpha value is -3.02. The number of nitrogens with zero attached hydrogens (tertiary/aromatic N) is 1. The van der Waals surface area contributed by atoms with Gasteiger partial charge in [-0.05, 0) is 30.3 Å². The van der Waals surface area contributed by atoms with Crippen molar-refractivity contribution >= 4 is 17.7 Å². The van der Waals surface area contributed by atoms with Crippen LogP contribution in [0.15, 0.2) is 48.5 Å². The highest BCUT2D eigenvalue weighted by atomic mass is 16.5. The Morgan fingerprint density at radius 2 is 1.92 bits per heavy atom. The van der Waals surface area contributed by atoms with Crippen molar-refractivity contribution in [2.24, 2.45) is 0 Å². The highest BCUT2D eigenvalue weighted by Crippen LogP contribution is 2.20. The van der Waals surface area contributed by atoms with Crippen LogP contribution < -0.4 is 15.0 Å². The fourth-order valence-electron chi connectivity index (χ4n) is 2.54. The predicted octanol–water partition coefficient (Wildman–Crippen LogP) is 2.58. The van der Waals surface area contributed by atoms with Crippen LogP contribution in [0.1, 0.15) is 15.9 Å². The predicted molar refractivity (Wildman–Crippen MR) is 89.3 cm³/mol. The van der Waals surface area contributed by atoms with E-state index in [-0.39, 0.29) is 12.6 Å². The third-order valence-corrected chi connectivity index (χ3v) is 3.82. The van der Waals surface area contributed by atoms with Crippen molar-refractivity contribution in [3.8, 4) is 5.75 Å². The number of rotatable bonds is 5. The molecule has 1 heterocycles. The zero-order chi connectivity index (χ0) is 16.9. The number of para-hydroxylation sites is 1. The maximum atomic E-state index is 12.2. The van der Waals surface area contributed by atoms with E-state index < -0.39 is 5.97 Å². The van der Waals surface area contributed by atoms with E-state index in [0.717, 1.165) is 11.3 Å². The largest absolute Gasteiger partial charge is 0.496 e. The summed E-state index contributed by atoms with van der Waals surface area (Å²) in [6.07, 6.45) is 0. The summed E-state index contributed by atoms with van der Waals surface area (Å²) in [6.45, 7) is 1.39. The quantitative estimate of drug-likeness (QED) is 0.858. The molecule has 24 heavy (non-hydrogen) atoms. The van der Waals surface area contributed by atoms with Gasteiger partial charge >= 0.3 is 12.0 Å². The Morgan fingerprint density at radius 1 is 1.17 bits per heavy atom. The molecule has 0 unspecified atom stereocenters. The first-order chi connectivity index (χ1) is 11.7. The summed E-state index contributed by atoms with van der Waals surface area (Å²) < 4.78 is 10.6. The molecule has 6 heteroatoms. The lowest BCUT2D eigenvalue weighted by atomic mass is 10.2. The second-order valence-corrected chi connectivity index (χ2v) is 5.32. The number of carbonyl (C=O) groups is 2. The minimum atomic E-state index is -0.418. The van der Waals surface area contributed by atoms with Crippen LogP contribution in [0.2, 0.25) is 0 Å². The first-order valence-corrected chi connectivity index (χ1v) is 7.63. The molecule has 0 atom stereocenters. The van der Waals surface area contributed by atoms with E-state index in [1.165, 1.54) is 0 Å². The van der Waals surface area contributed by atoms with Gasteiger partial charge in [-0.2, -0.15) is 0 Å². The minimum absolute atomic E-state index is 0.124. The van der Waals surface area contributed by atoms with Gasteiger partial charge in [0.2, 0.25) is 0 Å². The Kier molecular flexibility index (Phi) is 4.65. The van der Waals surface area contributed by atoms with E-state index in [1.54, 1.807) is 36.3 Å². The van der Waals surface area contributed by atoms with Crippen LogP contribution in [0.25, 0.3) is 0 Å². The number of carbonyl (C=O) groups excluding carboxylic acids is 2. The number of anilines is 1. The average molecular weight is 326 g/mol. The van der Waals surface area contributed by atoms with Gasteiger partial charge in [0, 0.05) is 24.3 Å². The van der Waals surface area contributed by atoms with E-state index in [0.29, 0.717) is 24.4 Å². The van der Waals surface area contributed by atoms with Crippen LogP contribution in [-0.2, 0) is 11.3 Å². The molecule has 0 spiro atoms. The summed E-state index contributed by atoms with van der Waals surface area (Å²) in [7, 11) is 1.58. The van der Waals surface area contributed by atoms with Crippen LogP contribution in [0.5, 0.6) is 5.75 Å². The van der Waals surface area contributed by atoms with Crippen molar-refractivity contribution in [1.29, 1.82) is 0 Å². The van der Waals surface area contributed by atoms with E-state index in [9.17, 15) is 9.59 Å². The van der Waals surface area contributed by atoms with Gasteiger partial charge in [-0.15, -0.1) is 0 Å². The maximum absolute atomic E-state index is 12.2. The summed E-state index contributed by atoms with van der Waals surface area (Å²) in [5.74, 6) is 0.263. The van der Waals surface area contributed by atoms with Crippen molar-refractivity contribution in [3.05, 3.63) is 59.7 Å². The molecule has 124 valence electrons. The lowest BCUT2D eigenvalue weighted by Gasteiger charge is -2.14. The normalized spacial score (nSPS) is 13.5. The molecule has 6 nitrogen and oxygen atoms in total. The van der Waals surface area contributed by atoms with Crippen LogP contribution in [0.4, 0.5) is 10.5 Å². The van der Waals surface area contributed by atoms with Gasteiger partial charge in [-0.3, -0.25) is 4.90 Å². The molecule has 0 aromatic heterocycles. The number of methoxy groups -OCH3 is 1. The zero-order valence-corrected chi connectivity index (χ0v) is 13.3. The van der Waals surface area contributed by atoms with Gasteiger partial charge < -0.3 is 14.8 Å². The summed E-state index contributed by atoms with van der Waals surface area (Å²) in [5, 5.41) is 2.74. The highest BCUT2D eigenvalue weighted by molar-refractivity contribution is 5.95. The fourth-order valence-corrected chi connectivity index (χ4v) is 2.54. The highest BCUT2D eigenvalue weighted by Gasteiger charge is 2.21. The van der Waals surface area contributed by atoms with Crippen LogP contribution in [0.3, 0.4) is 0 Å². The summed E-state index contributed by atoms with van der Waals surface area (Å²) in [5.41, 5.74) is 2.00.